The molecule has 2 fully saturated rings. The molecular formula is C12H18N4O3. The molecule has 1 aromatic heterocycles. The fourth-order valence-corrected chi connectivity index (χ4v) is 2.42. The maximum Gasteiger partial charge on any atom is 0.217 e. The van der Waals surface area contributed by atoms with Crippen molar-refractivity contribution < 1.29 is 14.6 Å². The van der Waals surface area contributed by atoms with Gasteiger partial charge in [-0.15, -0.1) is 5.10 Å². The Morgan fingerprint density at radius 1 is 1.63 bits per heavy atom. The van der Waals surface area contributed by atoms with Gasteiger partial charge in [-0.3, -0.25) is 4.79 Å². The average molecular weight is 266 g/mol. The van der Waals surface area contributed by atoms with Crippen LogP contribution < -0.4 is 5.32 Å². The Kier molecular flexibility index (Phi) is 3.24. The molecule has 1 saturated carbocycles. The first-order valence-electron chi connectivity index (χ1n) is 6.60. The second kappa shape index (κ2) is 4.90. The van der Waals surface area contributed by atoms with Gasteiger partial charge in [-0.2, -0.15) is 0 Å². The summed E-state index contributed by atoms with van der Waals surface area (Å²) >= 11 is 0. The summed E-state index contributed by atoms with van der Waals surface area (Å²) in [4.78, 5) is 11.1. The average Bonchev–Trinajstić information content (AvgIpc) is 3.03. The van der Waals surface area contributed by atoms with E-state index in [1.54, 1.807) is 4.68 Å². The van der Waals surface area contributed by atoms with Crippen molar-refractivity contribution in [2.45, 2.75) is 50.5 Å². The van der Waals surface area contributed by atoms with Gasteiger partial charge in [0.25, 0.3) is 0 Å². The van der Waals surface area contributed by atoms with Gasteiger partial charge in [-0.05, 0) is 12.8 Å². The van der Waals surface area contributed by atoms with Crippen LogP contribution in [0.4, 0.5) is 0 Å². The fourth-order valence-electron chi connectivity index (χ4n) is 2.42. The Bertz CT molecular complexity index is 471. The predicted octanol–water partition coefficient (Wildman–Crippen LogP) is -0.580. The Morgan fingerprint density at radius 2 is 2.42 bits per heavy atom. The molecule has 0 radical (unpaired) electrons. The molecule has 3 rings (SSSR count). The highest BCUT2D eigenvalue weighted by atomic mass is 16.5. The largest absolute Gasteiger partial charge is 0.388 e. The summed E-state index contributed by atoms with van der Waals surface area (Å²) in [6, 6.07) is -0.383. The molecule has 1 saturated heterocycles. The lowest BCUT2D eigenvalue weighted by molar-refractivity contribution is -0.120. The first kappa shape index (κ1) is 12.6. The molecule has 3 atom stereocenters. The number of amides is 1. The first-order chi connectivity index (χ1) is 9.13. The molecule has 1 aliphatic carbocycles. The SMILES string of the molecule is CC(=O)N[C@@H]1[C@@H](O)CO[C@@H]1Cn1cc(C2CC2)nn1. The van der Waals surface area contributed by atoms with Gasteiger partial charge in [0.15, 0.2) is 0 Å². The Balaban J connectivity index is 1.65. The highest BCUT2D eigenvalue weighted by Crippen LogP contribution is 2.38. The summed E-state index contributed by atoms with van der Waals surface area (Å²) in [5, 5.41) is 20.7. The van der Waals surface area contributed by atoms with E-state index in [2.05, 4.69) is 15.6 Å². The number of carbonyl (C=O) groups excluding carboxylic acids is 1. The molecule has 0 unspecified atom stereocenters. The van der Waals surface area contributed by atoms with Crippen molar-refractivity contribution in [3.63, 3.8) is 0 Å². The van der Waals surface area contributed by atoms with E-state index in [1.807, 2.05) is 6.20 Å². The van der Waals surface area contributed by atoms with E-state index < -0.39 is 6.10 Å². The van der Waals surface area contributed by atoms with E-state index in [4.69, 9.17) is 4.74 Å². The summed E-state index contributed by atoms with van der Waals surface area (Å²) < 4.78 is 7.24. The Morgan fingerprint density at radius 3 is 3.11 bits per heavy atom. The third-order valence-electron chi connectivity index (χ3n) is 3.59. The van der Waals surface area contributed by atoms with Crippen LogP contribution in [0, 0.1) is 0 Å². The van der Waals surface area contributed by atoms with Crippen LogP contribution in [-0.4, -0.2) is 50.9 Å². The smallest absolute Gasteiger partial charge is 0.217 e. The minimum absolute atomic E-state index is 0.170. The number of hydrogen-bond acceptors (Lipinski definition) is 5. The van der Waals surface area contributed by atoms with Crippen molar-refractivity contribution in [2.24, 2.45) is 0 Å². The molecular weight excluding hydrogens is 248 g/mol. The van der Waals surface area contributed by atoms with E-state index in [9.17, 15) is 9.90 Å². The lowest BCUT2D eigenvalue weighted by atomic mass is 10.1. The molecule has 0 bridgehead atoms. The molecule has 2 N–H and O–H groups in total. The summed E-state index contributed by atoms with van der Waals surface area (Å²) in [5.74, 6) is 0.395. The molecule has 19 heavy (non-hydrogen) atoms. The highest BCUT2D eigenvalue weighted by Gasteiger charge is 2.37. The van der Waals surface area contributed by atoms with Crippen LogP contribution in [-0.2, 0) is 16.1 Å². The van der Waals surface area contributed by atoms with Gasteiger partial charge in [0.1, 0.15) is 6.10 Å². The number of nitrogens with zero attached hydrogens (tertiary/aromatic N) is 3. The van der Waals surface area contributed by atoms with Gasteiger partial charge in [0.2, 0.25) is 5.91 Å². The maximum atomic E-state index is 11.1. The van der Waals surface area contributed by atoms with E-state index >= 15 is 0 Å². The topological polar surface area (TPSA) is 89.3 Å². The molecule has 1 aliphatic heterocycles. The summed E-state index contributed by atoms with van der Waals surface area (Å²) in [5.41, 5.74) is 1.02. The standard InChI is InChI=1S/C12H18N4O3/c1-7(17)13-12-10(18)6-19-11(12)5-16-4-9(14-15-16)8-2-3-8/h4,8,10-12,18H,2-3,5-6H2,1H3,(H,13,17)/t10-,11+,12+/m0/s1. The van der Waals surface area contributed by atoms with Gasteiger partial charge >= 0.3 is 0 Å². The van der Waals surface area contributed by atoms with E-state index in [1.165, 1.54) is 19.8 Å². The van der Waals surface area contributed by atoms with Gasteiger partial charge in [0, 0.05) is 19.0 Å². The van der Waals surface area contributed by atoms with Crippen molar-refractivity contribution in [1.82, 2.24) is 20.3 Å². The maximum absolute atomic E-state index is 11.1. The summed E-state index contributed by atoms with van der Waals surface area (Å²) in [6.45, 7) is 2.16. The van der Waals surface area contributed by atoms with Crippen molar-refractivity contribution in [3.8, 4) is 0 Å². The number of carbonyl (C=O) groups is 1. The number of aliphatic hydroxyl groups excluding tert-OH is 1. The third-order valence-corrected chi connectivity index (χ3v) is 3.59. The number of hydrogen-bond donors (Lipinski definition) is 2. The molecule has 2 heterocycles. The lowest BCUT2D eigenvalue weighted by Gasteiger charge is -2.20. The second-order valence-electron chi connectivity index (χ2n) is 5.31. The van der Waals surface area contributed by atoms with Gasteiger partial charge in [-0.1, -0.05) is 5.21 Å². The van der Waals surface area contributed by atoms with Gasteiger partial charge in [-0.25, -0.2) is 4.68 Å². The van der Waals surface area contributed by atoms with Crippen LogP contribution >= 0.6 is 0 Å². The zero-order valence-corrected chi connectivity index (χ0v) is 10.8. The third kappa shape index (κ3) is 2.76. The number of nitrogens with one attached hydrogen (secondary N) is 1. The monoisotopic (exact) mass is 266 g/mol. The Hall–Kier alpha value is -1.47. The first-order valence-corrected chi connectivity index (χ1v) is 6.60. The van der Waals surface area contributed by atoms with Gasteiger partial charge < -0.3 is 15.2 Å². The molecule has 104 valence electrons. The quantitative estimate of drug-likeness (QED) is 0.761. The van der Waals surface area contributed by atoms with Crippen LogP contribution in [0.5, 0.6) is 0 Å². The second-order valence-corrected chi connectivity index (χ2v) is 5.31. The lowest BCUT2D eigenvalue weighted by Crippen LogP contribution is -2.47. The van der Waals surface area contributed by atoms with Crippen LogP contribution in [0.3, 0.4) is 0 Å². The van der Waals surface area contributed by atoms with E-state index in [-0.39, 0.29) is 24.7 Å². The van der Waals surface area contributed by atoms with Gasteiger partial charge in [0.05, 0.1) is 31.0 Å². The Labute approximate surface area is 110 Å². The predicted molar refractivity (Wildman–Crippen MR) is 65.3 cm³/mol. The molecule has 1 aromatic rings. The van der Waals surface area contributed by atoms with E-state index in [0.29, 0.717) is 12.5 Å². The zero-order valence-electron chi connectivity index (χ0n) is 10.8. The molecule has 2 aliphatic rings. The summed E-state index contributed by atoms with van der Waals surface area (Å²) in [6.07, 6.45) is 3.36. The number of ether oxygens (including phenoxy) is 1. The van der Waals surface area contributed by atoms with Crippen molar-refractivity contribution in [2.75, 3.05) is 6.61 Å². The normalized spacial score (nSPS) is 30.5. The molecule has 7 heteroatoms. The summed E-state index contributed by atoms with van der Waals surface area (Å²) in [7, 11) is 0. The van der Waals surface area contributed by atoms with Crippen LogP contribution in [0.25, 0.3) is 0 Å². The molecule has 0 spiro atoms. The molecule has 1 amide bonds. The highest BCUT2D eigenvalue weighted by molar-refractivity contribution is 5.73. The zero-order chi connectivity index (χ0) is 13.4. The minimum Gasteiger partial charge on any atom is -0.388 e. The molecule has 7 nitrogen and oxygen atoms in total. The number of aromatic nitrogens is 3. The van der Waals surface area contributed by atoms with Crippen LogP contribution in [0.1, 0.15) is 31.4 Å². The number of aliphatic hydroxyl groups is 1. The van der Waals surface area contributed by atoms with E-state index in [0.717, 1.165) is 5.69 Å². The van der Waals surface area contributed by atoms with Crippen LogP contribution in [0.2, 0.25) is 0 Å². The van der Waals surface area contributed by atoms with Crippen LogP contribution in [0.15, 0.2) is 6.20 Å². The fraction of sp³-hybridized carbons (Fsp3) is 0.750. The molecule has 0 aromatic carbocycles. The number of rotatable bonds is 4. The van der Waals surface area contributed by atoms with Crippen molar-refractivity contribution in [3.05, 3.63) is 11.9 Å². The van der Waals surface area contributed by atoms with Crippen molar-refractivity contribution >= 4 is 5.91 Å². The minimum atomic E-state index is -0.666. The van der Waals surface area contributed by atoms with Crippen molar-refractivity contribution in [1.29, 1.82) is 0 Å².